The van der Waals surface area contributed by atoms with Crippen molar-refractivity contribution in [2.24, 2.45) is 12.8 Å². The fraction of sp³-hybridized carbons (Fsp3) is 0.438. The van der Waals surface area contributed by atoms with Gasteiger partial charge >= 0.3 is 0 Å². The van der Waals surface area contributed by atoms with Crippen LogP contribution in [-0.2, 0) is 13.5 Å². The number of nitrogens with two attached hydrogens (primary N) is 1. The summed E-state index contributed by atoms with van der Waals surface area (Å²) in [6.07, 6.45) is 7.54. The highest BCUT2D eigenvalue weighted by Gasteiger charge is 2.18. The van der Waals surface area contributed by atoms with E-state index in [0.29, 0.717) is 0 Å². The van der Waals surface area contributed by atoms with Crippen molar-refractivity contribution >= 4 is 5.69 Å². The van der Waals surface area contributed by atoms with Gasteiger partial charge in [0.15, 0.2) is 0 Å². The van der Waals surface area contributed by atoms with Gasteiger partial charge in [0.1, 0.15) is 0 Å². The molecule has 20 heavy (non-hydrogen) atoms. The third-order valence-electron chi connectivity index (χ3n) is 4.03. The Labute approximate surface area is 120 Å². The summed E-state index contributed by atoms with van der Waals surface area (Å²) < 4.78 is 1.81. The van der Waals surface area contributed by atoms with E-state index < -0.39 is 0 Å². The molecule has 2 N–H and O–H groups in total. The molecule has 0 fully saturated rings. The van der Waals surface area contributed by atoms with E-state index in [1.807, 2.05) is 24.1 Å². The number of rotatable bonds is 3. The van der Waals surface area contributed by atoms with Crippen LogP contribution in [0.15, 0.2) is 36.7 Å². The van der Waals surface area contributed by atoms with Crippen LogP contribution in [0, 0.1) is 0 Å². The van der Waals surface area contributed by atoms with Crippen molar-refractivity contribution < 1.29 is 0 Å². The quantitative estimate of drug-likeness (QED) is 0.930. The van der Waals surface area contributed by atoms with Crippen LogP contribution in [0.5, 0.6) is 0 Å². The molecule has 1 unspecified atom stereocenters. The number of benzene rings is 1. The maximum Gasteiger partial charge on any atom is 0.0538 e. The van der Waals surface area contributed by atoms with Crippen LogP contribution in [-0.4, -0.2) is 22.9 Å². The first-order chi connectivity index (χ1) is 9.74. The van der Waals surface area contributed by atoms with E-state index in [0.717, 1.165) is 18.7 Å². The van der Waals surface area contributed by atoms with Gasteiger partial charge in [0.05, 0.1) is 12.2 Å². The van der Waals surface area contributed by atoms with Gasteiger partial charge in [-0.1, -0.05) is 18.2 Å². The summed E-state index contributed by atoms with van der Waals surface area (Å²) in [6, 6.07) is 8.71. The highest BCUT2D eigenvalue weighted by Crippen LogP contribution is 2.27. The summed E-state index contributed by atoms with van der Waals surface area (Å²) in [5.74, 6) is 0. The molecule has 1 aliphatic heterocycles. The van der Waals surface area contributed by atoms with Crippen LogP contribution >= 0.6 is 0 Å². The molecule has 0 radical (unpaired) electrons. The molecule has 106 valence electrons. The number of anilines is 1. The monoisotopic (exact) mass is 270 g/mol. The Bertz CT molecular complexity index is 575. The Morgan fingerprint density at radius 3 is 2.95 bits per heavy atom. The zero-order valence-electron chi connectivity index (χ0n) is 12.0. The molecule has 0 spiro atoms. The molecule has 0 saturated heterocycles. The third-order valence-corrected chi connectivity index (χ3v) is 4.03. The van der Waals surface area contributed by atoms with Gasteiger partial charge in [0, 0.05) is 37.6 Å². The Morgan fingerprint density at radius 2 is 2.15 bits per heavy atom. The van der Waals surface area contributed by atoms with Crippen molar-refractivity contribution in [2.45, 2.75) is 25.3 Å². The second kappa shape index (κ2) is 5.67. The number of aryl methyl sites for hydroxylation is 2. The third kappa shape index (κ3) is 2.70. The fourth-order valence-corrected chi connectivity index (χ4v) is 2.93. The second-order valence-corrected chi connectivity index (χ2v) is 5.59. The number of hydrogen-bond donors (Lipinski definition) is 1. The van der Waals surface area contributed by atoms with Crippen molar-refractivity contribution in [2.75, 3.05) is 18.0 Å². The molecule has 1 aliphatic rings. The molecule has 3 rings (SSSR count). The smallest absolute Gasteiger partial charge is 0.0538 e. The van der Waals surface area contributed by atoms with E-state index in [-0.39, 0.29) is 6.04 Å². The summed E-state index contributed by atoms with van der Waals surface area (Å²) in [7, 11) is 1.93. The van der Waals surface area contributed by atoms with Crippen LogP contribution < -0.4 is 10.6 Å². The van der Waals surface area contributed by atoms with Crippen LogP contribution in [0.3, 0.4) is 0 Å². The van der Waals surface area contributed by atoms with Crippen LogP contribution in [0.2, 0.25) is 0 Å². The van der Waals surface area contributed by atoms with Crippen molar-refractivity contribution in [1.29, 1.82) is 0 Å². The maximum atomic E-state index is 6.35. The number of para-hydroxylation sites is 1. The van der Waals surface area contributed by atoms with Crippen molar-refractivity contribution in [3.8, 4) is 0 Å². The summed E-state index contributed by atoms with van der Waals surface area (Å²) in [5, 5.41) is 4.21. The topological polar surface area (TPSA) is 47.1 Å². The molecule has 1 aromatic carbocycles. The second-order valence-electron chi connectivity index (χ2n) is 5.59. The van der Waals surface area contributed by atoms with Gasteiger partial charge in [0.2, 0.25) is 0 Å². The van der Waals surface area contributed by atoms with Gasteiger partial charge in [0.25, 0.3) is 0 Å². The van der Waals surface area contributed by atoms with Gasteiger partial charge in [-0.05, 0) is 30.9 Å². The summed E-state index contributed by atoms with van der Waals surface area (Å²) >= 11 is 0. The largest absolute Gasteiger partial charge is 0.369 e. The van der Waals surface area contributed by atoms with E-state index in [9.17, 15) is 0 Å². The zero-order chi connectivity index (χ0) is 13.9. The molecule has 0 bridgehead atoms. The van der Waals surface area contributed by atoms with Crippen LogP contribution in [0.25, 0.3) is 0 Å². The normalized spacial score (nSPS) is 16.6. The Morgan fingerprint density at radius 1 is 1.30 bits per heavy atom. The molecule has 0 amide bonds. The standard InChI is InChI=1S/C16H22N4/c1-19-11-14(10-18-19)15(17)12-20-9-5-4-7-13-6-2-3-8-16(13)20/h2-3,6,8,10-11,15H,4-5,7,9,12,17H2,1H3. The molecule has 0 aliphatic carbocycles. The van der Waals surface area contributed by atoms with Gasteiger partial charge in [-0.3, -0.25) is 4.68 Å². The predicted molar refractivity (Wildman–Crippen MR) is 81.7 cm³/mol. The number of nitrogens with zero attached hydrogens (tertiary/aromatic N) is 3. The summed E-state index contributed by atoms with van der Waals surface area (Å²) in [6.45, 7) is 1.94. The van der Waals surface area contributed by atoms with Crippen molar-refractivity contribution in [3.63, 3.8) is 0 Å². The number of fused-ring (bicyclic) bond motifs is 1. The SMILES string of the molecule is Cn1cc(C(N)CN2CCCCc3ccccc32)cn1. The van der Waals surface area contributed by atoms with Gasteiger partial charge in [-0.15, -0.1) is 0 Å². The van der Waals surface area contributed by atoms with Gasteiger partial charge < -0.3 is 10.6 Å². The van der Waals surface area contributed by atoms with E-state index in [1.165, 1.54) is 30.5 Å². The lowest BCUT2D eigenvalue weighted by atomic mass is 10.1. The Hall–Kier alpha value is -1.81. The predicted octanol–water partition coefficient (Wildman–Crippen LogP) is 2.26. The van der Waals surface area contributed by atoms with Gasteiger partial charge in [-0.25, -0.2) is 0 Å². The summed E-state index contributed by atoms with van der Waals surface area (Å²) in [4.78, 5) is 2.43. The Kier molecular flexibility index (Phi) is 3.74. The lowest BCUT2D eigenvalue weighted by molar-refractivity contribution is 0.645. The minimum absolute atomic E-state index is 0.00913. The first kappa shape index (κ1) is 13.2. The molecule has 4 heteroatoms. The van der Waals surface area contributed by atoms with Crippen molar-refractivity contribution in [3.05, 3.63) is 47.8 Å². The van der Waals surface area contributed by atoms with E-state index in [1.54, 1.807) is 0 Å². The first-order valence-corrected chi connectivity index (χ1v) is 7.31. The Balaban J connectivity index is 1.80. The minimum Gasteiger partial charge on any atom is -0.369 e. The van der Waals surface area contributed by atoms with E-state index in [2.05, 4.69) is 34.3 Å². The van der Waals surface area contributed by atoms with Crippen LogP contribution in [0.4, 0.5) is 5.69 Å². The molecule has 4 nitrogen and oxygen atoms in total. The van der Waals surface area contributed by atoms with E-state index >= 15 is 0 Å². The molecule has 2 heterocycles. The number of aromatic nitrogens is 2. The minimum atomic E-state index is 0.00913. The van der Waals surface area contributed by atoms with E-state index in [4.69, 9.17) is 5.73 Å². The fourth-order valence-electron chi connectivity index (χ4n) is 2.93. The highest BCUT2D eigenvalue weighted by molar-refractivity contribution is 5.54. The average Bonchev–Trinajstić information content (AvgIpc) is 2.79. The van der Waals surface area contributed by atoms with Gasteiger partial charge in [-0.2, -0.15) is 5.10 Å². The summed E-state index contributed by atoms with van der Waals surface area (Å²) in [5.41, 5.74) is 10.3. The molecule has 1 aromatic heterocycles. The maximum absolute atomic E-state index is 6.35. The molecular weight excluding hydrogens is 248 g/mol. The zero-order valence-corrected chi connectivity index (χ0v) is 12.0. The lowest BCUT2D eigenvalue weighted by Gasteiger charge is -2.27. The molecule has 0 saturated carbocycles. The highest BCUT2D eigenvalue weighted by atomic mass is 15.2. The van der Waals surface area contributed by atoms with Crippen molar-refractivity contribution in [1.82, 2.24) is 9.78 Å². The number of hydrogen-bond acceptors (Lipinski definition) is 3. The van der Waals surface area contributed by atoms with Crippen LogP contribution in [0.1, 0.15) is 30.0 Å². The molecule has 2 aromatic rings. The first-order valence-electron chi connectivity index (χ1n) is 7.31. The average molecular weight is 270 g/mol. The molecular formula is C16H22N4. The molecule has 1 atom stereocenters. The lowest BCUT2D eigenvalue weighted by Crippen LogP contribution is -2.32.